The fraction of sp³-hybridized carbons (Fsp3) is 0.271. The van der Waals surface area contributed by atoms with Gasteiger partial charge in [-0.2, -0.15) is 0 Å². The van der Waals surface area contributed by atoms with E-state index >= 15 is 4.39 Å². The van der Waals surface area contributed by atoms with Crippen molar-refractivity contribution in [1.82, 2.24) is 25.1 Å². The number of nitrogens with one attached hydrogen (secondary N) is 3. The number of hydrogen-bond acceptors (Lipinski definition) is 11. The minimum Gasteiger partial charge on any atom is -0.487 e. The van der Waals surface area contributed by atoms with E-state index in [9.17, 15) is 28.4 Å². The Labute approximate surface area is 383 Å². The number of rotatable bonds is 16. The molecule has 1 saturated carbocycles. The lowest BCUT2D eigenvalue weighted by molar-refractivity contribution is -0.137. The van der Waals surface area contributed by atoms with Gasteiger partial charge in [0.05, 0.1) is 17.8 Å². The summed E-state index contributed by atoms with van der Waals surface area (Å²) in [5.74, 6) is -2.94. The van der Waals surface area contributed by atoms with Gasteiger partial charge in [0.2, 0.25) is 11.8 Å². The summed E-state index contributed by atoms with van der Waals surface area (Å²) < 4.78 is 42.1. The van der Waals surface area contributed by atoms with Crippen LogP contribution in [0.15, 0.2) is 85.2 Å². The van der Waals surface area contributed by atoms with E-state index < -0.39 is 35.4 Å². The second kappa shape index (κ2) is 19.0. The lowest BCUT2D eigenvalue weighted by Gasteiger charge is -2.29. The molecule has 5 N–H and O–H groups in total. The van der Waals surface area contributed by atoms with Crippen LogP contribution in [0.2, 0.25) is 5.02 Å². The molecule has 18 heteroatoms. The molecule has 2 fully saturated rings. The number of nitrogens with zero attached hydrogens (tertiary/aromatic N) is 4. The largest absolute Gasteiger partial charge is 0.487 e. The fourth-order valence-corrected chi connectivity index (χ4v) is 8.11. The normalized spacial score (nSPS) is 15.5. The van der Waals surface area contributed by atoms with Gasteiger partial charge in [-0.1, -0.05) is 36.4 Å². The van der Waals surface area contributed by atoms with Crippen molar-refractivity contribution in [3.63, 3.8) is 0 Å². The van der Waals surface area contributed by atoms with Gasteiger partial charge in [-0.3, -0.25) is 29.3 Å². The molecule has 66 heavy (non-hydrogen) atoms. The molecule has 1 unspecified atom stereocenters. The second-order valence-electron chi connectivity index (χ2n) is 16.4. The average molecular weight is 919 g/mol. The van der Waals surface area contributed by atoms with Crippen molar-refractivity contribution in [3.05, 3.63) is 135 Å². The predicted octanol–water partition coefficient (Wildman–Crippen LogP) is 6.94. The molecule has 3 heterocycles. The number of fused-ring (bicyclic) bond motifs is 1. The van der Waals surface area contributed by atoms with Crippen molar-refractivity contribution in [1.29, 1.82) is 0 Å². The highest BCUT2D eigenvalue weighted by molar-refractivity contribution is 6.31. The average Bonchev–Trinajstić information content (AvgIpc) is 4.09. The summed E-state index contributed by atoms with van der Waals surface area (Å²) in [6.07, 6.45) is 3.59. The third kappa shape index (κ3) is 9.80. The number of benzene rings is 4. The van der Waals surface area contributed by atoms with Crippen molar-refractivity contribution < 1.29 is 42.2 Å². The Hall–Kier alpha value is -7.40. The van der Waals surface area contributed by atoms with Crippen molar-refractivity contribution in [2.75, 3.05) is 43.2 Å². The second-order valence-corrected chi connectivity index (χ2v) is 16.8. The van der Waals surface area contributed by atoms with Crippen LogP contribution >= 0.6 is 11.6 Å². The lowest BCUT2D eigenvalue weighted by Crippen LogP contribution is -2.52. The van der Waals surface area contributed by atoms with Crippen molar-refractivity contribution >= 4 is 58.3 Å². The molecule has 0 radical (unpaired) electrons. The maximum atomic E-state index is 15.1. The summed E-state index contributed by atoms with van der Waals surface area (Å²) in [5, 5.41) is 8.68. The van der Waals surface area contributed by atoms with Gasteiger partial charge in [0.15, 0.2) is 11.6 Å². The third-order valence-electron chi connectivity index (χ3n) is 11.7. The molecular formula is C48H45ClF2N8O7. The van der Waals surface area contributed by atoms with Crippen LogP contribution in [0.5, 0.6) is 11.5 Å². The van der Waals surface area contributed by atoms with Crippen LogP contribution in [-0.2, 0) is 27.5 Å². The van der Waals surface area contributed by atoms with E-state index in [-0.39, 0.29) is 90.6 Å². The molecule has 1 saturated heterocycles. The minimum absolute atomic E-state index is 0.0264. The molecule has 1 atom stereocenters. The third-order valence-corrected chi connectivity index (χ3v) is 12.0. The Morgan fingerprint density at radius 2 is 1.79 bits per heavy atom. The van der Waals surface area contributed by atoms with Crippen molar-refractivity contribution in [3.8, 4) is 22.8 Å². The first-order valence-electron chi connectivity index (χ1n) is 21.2. The van der Waals surface area contributed by atoms with Crippen LogP contribution in [0, 0.1) is 18.6 Å². The van der Waals surface area contributed by atoms with Gasteiger partial charge >= 0.3 is 0 Å². The zero-order chi connectivity index (χ0) is 46.8. The number of piperidine rings is 1. The summed E-state index contributed by atoms with van der Waals surface area (Å²) >= 11 is 6.34. The molecule has 1 aromatic heterocycles. The Balaban J connectivity index is 0.859. The van der Waals surface area contributed by atoms with Gasteiger partial charge in [0.1, 0.15) is 48.7 Å². The number of amides is 5. The number of nitrogens with two attached hydrogens (primary N) is 1. The molecule has 8 rings (SSSR count). The van der Waals surface area contributed by atoms with Gasteiger partial charge in [-0.15, -0.1) is 0 Å². The standard InChI is InChI=1S/C48H45ClF2N8O7/c1-25(23-66-40-12-8-31(49)18-38(40)53-21-27-4-9-33-30(16-27)22-59(48(33)64)39-11-13-41(60)57-46(39)62)47(63)58(3)14-15-65-43-42(54-24-55-44(43)52)35-19-32(50)20-37(26(35)2)56-45(61)34-10-7-29(17-36(34)51)28-5-6-28/h4,7-10,12,16-20,24,28,39,53H,1,5-6,11,13-15,21-23H2,2-3H3,(H,56,61)(H2,52,54,55)(H,57,60,62). The number of nitrogen functional groups attached to an aromatic ring is 1. The van der Waals surface area contributed by atoms with Gasteiger partial charge in [-0.05, 0) is 103 Å². The van der Waals surface area contributed by atoms with E-state index in [1.807, 2.05) is 12.1 Å². The summed E-state index contributed by atoms with van der Waals surface area (Å²) in [6.45, 7) is 5.95. The first kappa shape index (κ1) is 45.2. The van der Waals surface area contributed by atoms with Crippen molar-refractivity contribution in [2.24, 2.45) is 0 Å². The van der Waals surface area contributed by atoms with Gasteiger partial charge in [0.25, 0.3) is 17.7 Å². The fourth-order valence-electron chi connectivity index (χ4n) is 7.94. The Bertz CT molecular complexity index is 2820. The van der Waals surface area contributed by atoms with E-state index in [0.717, 1.165) is 35.6 Å². The smallest absolute Gasteiger partial charge is 0.258 e. The minimum atomic E-state index is -0.742. The number of imide groups is 1. The summed E-state index contributed by atoms with van der Waals surface area (Å²) in [7, 11) is 1.56. The number of carbonyl (C=O) groups is 5. The van der Waals surface area contributed by atoms with Crippen molar-refractivity contribution in [2.45, 2.75) is 57.7 Å². The number of carbonyl (C=O) groups excluding carboxylic acids is 5. The summed E-state index contributed by atoms with van der Waals surface area (Å²) in [4.78, 5) is 75.0. The monoisotopic (exact) mass is 918 g/mol. The molecule has 3 aliphatic rings. The number of likely N-dealkylation sites (N-methyl/N-ethyl adjacent to an activating group) is 1. The maximum Gasteiger partial charge on any atom is 0.258 e. The Morgan fingerprint density at radius 3 is 2.55 bits per heavy atom. The number of halogens is 3. The highest BCUT2D eigenvalue weighted by Crippen LogP contribution is 2.41. The molecule has 4 aromatic carbocycles. The number of hydrogen-bond donors (Lipinski definition) is 4. The Morgan fingerprint density at radius 1 is 0.985 bits per heavy atom. The van der Waals surface area contributed by atoms with Crippen LogP contribution < -0.4 is 31.2 Å². The molecule has 340 valence electrons. The summed E-state index contributed by atoms with van der Waals surface area (Å²) in [5.41, 5.74) is 10.5. The van der Waals surface area contributed by atoms with Crippen LogP contribution in [0.4, 0.5) is 26.0 Å². The van der Waals surface area contributed by atoms with E-state index in [1.165, 1.54) is 34.3 Å². The number of anilines is 3. The van der Waals surface area contributed by atoms with Gasteiger partial charge < -0.3 is 35.6 Å². The number of ether oxygens (including phenoxy) is 2. The highest BCUT2D eigenvalue weighted by atomic mass is 35.5. The SMILES string of the molecule is C=C(COc1ccc(Cl)cc1NCc1ccc2c(c1)CN(C1CCC(=O)NC1=O)C2=O)C(=O)N(C)CCOc1c(N)ncnc1-c1cc(F)cc(NC(=O)c2ccc(C3CC3)cc2F)c1C. The molecule has 1 aliphatic carbocycles. The zero-order valence-electron chi connectivity index (χ0n) is 36.0. The molecule has 15 nitrogen and oxygen atoms in total. The van der Waals surface area contributed by atoms with E-state index in [0.29, 0.717) is 40.0 Å². The van der Waals surface area contributed by atoms with E-state index in [4.69, 9.17) is 26.8 Å². The van der Waals surface area contributed by atoms with Crippen LogP contribution in [0.25, 0.3) is 11.3 Å². The maximum absolute atomic E-state index is 15.1. The Kier molecular flexibility index (Phi) is 13.0. The molecule has 5 amide bonds. The molecule has 2 aliphatic heterocycles. The van der Waals surface area contributed by atoms with Gasteiger partial charge in [-0.25, -0.2) is 18.7 Å². The highest BCUT2D eigenvalue weighted by Gasteiger charge is 2.39. The van der Waals surface area contributed by atoms with Crippen LogP contribution in [-0.4, -0.2) is 82.2 Å². The van der Waals surface area contributed by atoms with E-state index in [1.54, 1.807) is 44.3 Å². The predicted molar refractivity (Wildman–Crippen MR) is 242 cm³/mol. The summed E-state index contributed by atoms with van der Waals surface area (Å²) in [6, 6.07) is 16.5. The molecule has 0 spiro atoms. The first-order valence-corrected chi connectivity index (χ1v) is 21.5. The quantitative estimate of drug-likeness (QED) is 0.0591. The topological polar surface area (TPSA) is 198 Å². The molecule has 5 aromatic rings. The van der Waals surface area contributed by atoms with Crippen LogP contribution in [0.1, 0.15) is 74.6 Å². The number of aromatic nitrogens is 2. The lowest BCUT2D eigenvalue weighted by atomic mass is 10.0. The molecular weight excluding hydrogens is 874 g/mol. The molecule has 0 bridgehead atoms. The van der Waals surface area contributed by atoms with E-state index in [2.05, 4.69) is 32.5 Å². The van der Waals surface area contributed by atoms with Crippen LogP contribution in [0.3, 0.4) is 0 Å². The zero-order valence-corrected chi connectivity index (χ0v) is 36.8. The van der Waals surface area contributed by atoms with Gasteiger partial charge in [0, 0.05) is 54.0 Å². The first-order chi connectivity index (χ1) is 31.6.